The highest BCUT2D eigenvalue weighted by atomic mass is 32.2. The average Bonchev–Trinajstić information content (AvgIpc) is 2.38. The van der Waals surface area contributed by atoms with Crippen LogP contribution in [0, 0.1) is 0 Å². The van der Waals surface area contributed by atoms with Crippen LogP contribution in [0.3, 0.4) is 0 Å². The van der Waals surface area contributed by atoms with Gasteiger partial charge in [-0.15, -0.1) is 0 Å². The molecule has 0 amide bonds. The minimum Gasteiger partial charge on any atom is -0.352 e. The van der Waals surface area contributed by atoms with Crippen LogP contribution in [-0.2, 0) is 16.4 Å². The van der Waals surface area contributed by atoms with E-state index in [4.69, 9.17) is 5.73 Å². The van der Waals surface area contributed by atoms with Crippen LogP contribution in [0.1, 0.15) is 5.69 Å². The molecule has 0 spiro atoms. The molecule has 0 bridgehead atoms. The van der Waals surface area contributed by atoms with Gasteiger partial charge in [-0.1, -0.05) is 0 Å². The third kappa shape index (κ3) is 2.96. The van der Waals surface area contributed by atoms with E-state index in [-0.39, 0.29) is 0 Å². The van der Waals surface area contributed by atoms with Gasteiger partial charge in [-0.25, -0.2) is 8.42 Å². The van der Waals surface area contributed by atoms with Gasteiger partial charge < -0.3 is 10.6 Å². The van der Waals surface area contributed by atoms with Crippen LogP contribution in [-0.4, -0.2) is 43.1 Å². The maximum absolute atomic E-state index is 11.8. The van der Waals surface area contributed by atoms with E-state index in [1.54, 1.807) is 18.0 Å². The van der Waals surface area contributed by atoms with E-state index >= 15 is 0 Å². The Kier molecular flexibility index (Phi) is 4.14. The van der Waals surface area contributed by atoms with Crippen LogP contribution < -0.4 is 10.6 Å². The zero-order valence-corrected chi connectivity index (χ0v) is 11.9. The largest absolute Gasteiger partial charge is 0.352 e. The number of anilines is 1. The molecule has 2 heterocycles. The standard InChI is InChI=1S/C11H17N3O2S2/c1-18(15,16)11-8-17-5-4-14(11)10-3-2-9(6-12)13-7-10/h2-3,7,11H,4-6,8,12H2,1H3. The van der Waals surface area contributed by atoms with Crippen molar-refractivity contribution in [2.75, 3.05) is 29.2 Å². The number of rotatable bonds is 3. The molecule has 1 aliphatic heterocycles. The van der Waals surface area contributed by atoms with Crippen molar-refractivity contribution in [1.82, 2.24) is 4.98 Å². The van der Waals surface area contributed by atoms with E-state index in [1.165, 1.54) is 6.26 Å². The van der Waals surface area contributed by atoms with Crippen molar-refractivity contribution >= 4 is 27.3 Å². The van der Waals surface area contributed by atoms with Crippen LogP contribution >= 0.6 is 11.8 Å². The maximum atomic E-state index is 11.8. The summed E-state index contributed by atoms with van der Waals surface area (Å²) in [5.41, 5.74) is 7.16. The molecule has 5 nitrogen and oxygen atoms in total. The van der Waals surface area contributed by atoms with Gasteiger partial charge in [-0.05, 0) is 12.1 Å². The highest BCUT2D eigenvalue weighted by molar-refractivity contribution is 8.01. The summed E-state index contributed by atoms with van der Waals surface area (Å²) in [7, 11) is -3.09. The lowest BCUT2D eigenvalue weighted by molar-refractivity contribution is 0.584. The minimum absolute atomic E-state index is 0.394. The second-order valence-electron chi connectivity index (χ2n) is 4.26. The van der Waals surface area contributed by atoms with Crippen molar-refractivity contribution in [3.8, 4) is 0 Å². The fourth-order valence-electron chi connectivity index (χ4n) is 1.94. The van der Waals surface area contributed by atoms with Gasteiger partial charge in [-0.2, -0.15) is 11.8 Å². The maximum Gasteiger partial charge on any atom is 0.169 e. The van der Waals surface area contributed by atoms with Gasteiger partial charge in [0.1, 0.15) is 5.37 Å². The topological polar surface area (TPSA) is 76.3 Å². The van der Waals surface area contributed by atoms with Gasteiger partial charge in [0.25, 0.3) is 0 Å². The van der Waals surface area contributed by atoms with Gasteiger partial charge in [0, 0.05) is 30.9 Å². The molecule has 18 heavy (non-hydrogen) atoms. The Morgan fingerprint density at radius 2 is 2.33 bits per heavy atom. The van der Waals surface area contributed by atoms with Gasteiger partial charge in [-0.3, -0.25) is 4.98 Å². The molecule has 2 rings (SSSR count). The molecule has 1 atom stereocenters. The number of pyridine rings is 1. The Balaban J connectivity index is 2.28. The summed E-state index contributed by atoms with van der Waals surface area (Å²) in [4.78, 5) is 6.14. The molecule has 1 unspecified atom stereocenters. The second-order valence-corrected chi connectivity index (χ2v) is 7.62. The third-order valence-corrected chi connectivity index (χ3v) is 5.57. The number of nitrogens with two attached hydrogens (primary N) is 1. The Morgan fingerprint density at radius 3 is 2.89 bits per heavy atom. The molecule has 0 aromatic carbocycles. The molecule has 1 aromatic heterocycles. The minimum atomic E-state index is -3.09. The summed E-state index contributed by atoms with van der Waals surface area (Å²) in [5, 5.41) is -0.457. The van der Waals surface area contributed by atoms with Gasteiger partial charge >= 0.3 is 0 Å². The predicted octanol–water partition coefficient (Wildman–Crippen LogP) is 0.464. The lowest BCUT2D eigenvalue weighted by atomic mass is 10.3. The molecule has 1 fully saturated rings. The van der Waals surface area contributed by atoms with E-state index in [0.29, 0.717) is 12.3 Å². The van der Waals surface area contributed by atoms with Gasteiger partial charge in [0.2, 0.25) is 0 Å². The van der Waals surface area contributed by atoms with Crippen molar-refractivity contribution in [3.63, 3.8) is 0 Å². The lowest BCUT2D eigenvalue weighted by Gasteiger charge is -2.35. The van der Waals surface area contributed by atoms with Gasteiger partial charge in [0.05, 0.1) is 17.6 Å². The highest BCUT2D eigenvalue weighted by Gasteiger charge is 2.31. The number of thioether (sulfide) groups is 1. The molecule has 2 N–H and O–H groups in total. The van der Waals surface area contributed by atoms with Crippen molar-refractivity contribution in [3.05, 3.63) is 24.0 Å². The van der Waals surface area contributed by atoms with Crippen LogP contribution in [0.25, 0.3) is 0 Å². The monoisotopic (exact) mass is 287 g/mol. The van der Waals surface area contributed by atoms with E-state index in [0.717, 1.165) is 23.7 Å². The van der Waals surface area contributed by atoms with Crippen LogP contribution in [0.2, 0.25) is 0 Å². The second kappa shape index (κ2) is 5.46. The zero-order chi connectivity index (χ0) is 13.2. The van der Waals surface area contributed by atoms with Crippen LogP contribution in [0.5, 0.6) is 0 Å². The summed E-state index contributed by atoms with van der Waals surface area (Å²) in [6.45, 7) is 1.12. The molecule has 1 aliphatic rings. The lowest BCUT2D eigenvalue weighted by Crippen LogP contribution is -2.47. The molecule has 1 aromatic rings. The van der Waals surface area contributed by atoms with E-state index in [2.05, 4.69) is 4.98 Å². The van der Waals surface area contributed by atoms with Crippen molar-refractivity contribution in [1.29, 1.82) is 0 Å². The molecular formula is C11H17N3O2S2. The summed E-state index contributed by atoms with van der Waals surface area (Å²) < 4.78 is 23.6. The molecular weight excluding hydrogens is 270 g/mol. The molecule has 1 saturated heterocycles. The Morgan fingerprint density at radius 1 is 1.56 bits per heavy atom. The predicted molar refractivity (Wildman–Crippen MR) is 75.4 cm³/mol. The van der Waals surface area contributed by atoms with Gasteiger partial charge in [0.15, 0.2) is 9.84 Å². The first kappa shape index (κ1) is 13.6. The van der Waals surface area contributed by atoms with Crippen molar-refractivity contribution < 1.29 is 8.42 Å². The van der Waals surface area contributed by atoms with Crippen LogP contribution in [0.15, 0.2) is 18.3 Å². The quantitative estimate of drug-likeness (QED) is 0.870. The first-order valence-corrected chi connectivity index (χ1v) is 8.81. The first-order chi connectivity index (χ1) is 8.52. The molecule has 0 saturated carbocycles. The summed E-state index contributed by atoms with van der Waals surface area (Å²) in [6, 6.07) is 3.74. The molecule has 0 radical (unpaired) electrons. The Bertz CT molecular complexity index is 502. The SMILES string of the molecule is CS(=O)(=O)C1CSCCN1c1ccc(CN)nc1. The molecule has 100 valence electrons. The summed E-state index contributed by atoms with van der Waals surface area (Å²) in [6.07, 6.45) is 2.99. The molecule has 0 aliphatic carbocycles. The zero-order valence-electron chi connectivity index (χ0n) is 10.2. The smallest absolute Gasteiger partial charge is 0.169 e. The number of hydrogen-bond acceptors (Lipinski definition) is 6. The van der Waals surface area contributed by atoms with E-state index in [1.807, 2.05) is 17.0 Å². The summed E-state index contributed by atoms with van der Waals surface area (Å²) in [5.74, 6) is 1.54. The number of aromatic nitrogens is 1. The fraction of sp³-hybridized carbons (Fsp3) is 0.545. The Hall–Kier alpha value is -0.790. The van der Waals surface area contributed by atoms with Crippen molar-refractivity contribution in [2.24, 2.45) is 5.73 Å². The fourth-order valence-corrected chi connectivity index (χ4v) is 4.78. The number of nitrogens with zero attached hydrogens (tertiary/aromatic N) is 2. The highest BCUT2D eigenvalue weighted by Crippen LogP contribution is 2.26. The molecule has 7 heteroatoms. The van der Waals surface area contributed by atoms with Crippen molar-refractivity contribution in [2.45, 2.75) is 11.9 Å². The van der Waals surface area contributed by atoms with E-state index < -0.39 is 15.2 Å². The van der Waals surface area contributed by atoms with Crippen LogP contribution in [0.4, 0.5) is 5.69 Å². The normalized spacial score (nSPS) is 21.0. The number of sulfone groups is 1. The Labute approximate surface area is 112 Å². The van der Waals surface area contributed by atoms with E-state index in [9.17, 15) is 8.42 Å². The average molecular weight is 287 g/mol. The third-order valence-electron chi connectivity index (χ3n) is 2.93. The first-order valence-electron chi connectivity index (χ1n) is 5.70. The summed E-state index contributed by atoms with van der Waals surface area (Å²) >= 11 is 1.67. The number of hydrogen-bond donors (Lipinski definition) is 1.